The van der Waals surface area contributed by atoms with Crippen LogP contribution in [0.1, 0.15) is 5.56 Å². The van der Waals surface area contributed by atoms with E-state index in [-0.39, 0.29) is 6.54 Å². The molecule has 1 aliphatic heterocycles. The van der Waals surface area contributed by atoms with Crippen LogP contribution < -0.4 is 16.1 Å². The van der Waals surface area contributed by atoms with E-state index in [0.717, 1.165) is 10.1 Å². The summed E-state index contributed by atoms with van der Waals surface area (Å²) in [6.07, 6.45) is -0.615. The molecule has 0 aliphatic carbocycles. The highest BCUT2D eigenvalue weighted by Crippen LogP contribution is 2.25. The Balaban J connectivity index is 1.92. The Morgan fingerprint density at radius 3 is 2.56 bits per heavy atom. The van der Waals surface area contributed by atoms with E-state index in [1.54, 1.807) is 11.6 Å². The third-order valence-electron chi connectivity index (χ3n) is 4.65. The number of benzene rings is 1. The van der Waals surface area contributed by atoms with Gasteiger partial charge in [-0.2, -0.15) is 4.98 Å². The number of hydrogen-bond donors (Lipinski definition) is 1. The van der Waals surface area contributed by atoms with Crippen LogP contribution in [0.5, 0.6) is 0 Å². The molecule has 2 aromatic heterocycles. The number of anilines is 1. The number of aliphatic hydroxyl groups is 1. The van der Waals surface area contributed by atoms with Gasteiger partial charge in [-0.1, -0.05) is 30.3 Å². The van der Waals surface area contributed by atoms with Gasteiger partial charge in [0.2, 0.25) is 5.95 Å². The summed E-state index contributed by atoms with van der Waals surface area (Å²) in [5.74, 6) is 0.599. The van der Waals surface area contributed by atoms with Gasteiger partial charge in [0, 0.05) is 27.2 Å². The van der Waals surface area contributed by atoms with E-state index in [1.807, 2.05) is 35.2 Å². The van der Waals surface area contributed by atoms with E-state index < -0.39 is 17.4 Å². The summed E-state index contributed by atoms with van der Waals surface area (Å²) in [6, 6.07) is 9.87. The number of fused-ring (bicyclic) bond motifs is 3. The Morgan fingerprint density at radius 2 is 1.84 bits per heavy atom. The van der Waals surface area contributed by atoms with Crippen molar-refractivity contribution in [1.82, 2.24) is 18.7 Å². The van der Waals surface area contributed by atoms with Gasteiger partial charge in [-0.3, -0.25) is 13.9 Å². The lowest BCUT2D eigenvalue weighted by Gasteiger charge is -2.32. The Hall–Kier alpha value is -2.87. The molecule has 1 aliphatic rings. The average molecular weight is 341 g/mol. The third kappa shape index (κ3) is 2.37. The monoisotopic (exact) mass is 341 g/mol. The van der Waals surface area contributed by atoms with Crippen molar-refractivity contribution in [3.8, 4) is 0 Å². The van der Waals surface area contributed by atoms with Crippen molar-refractivity contribution in [1.29, 1.82) is 0 Å². The molecular formula is C17H19N5O3. The van der Waals surface area contributed by atoms with Crippen LogP contribution in [0.15, 0.2) is 39.9 Å². The number of nitrogens with zero attached hydrogens (tertiary/aromatic N) is 5. The highest BCUT2D eigenvalue weighted by Gasteiger charge is 2.29. The van der Waals surface area contributed by atoms with Crippen LogP contribution >= 0.6 is 0 Å². The van der Waals surface area contributed by atoms with E-state index in [4.69, 9.17) is 0 Å². The smallest absolute Gasteiger partial charge is 0.332 e. The zero-order valence-electron chi connectivity index (χ0n) is 14.1. The first-order valence-electron chi connectivity index (χ1n) is 8.10. The predicted molar refractivity (Wildman–Crippen MR) is 93.7 cm³/mol. The number of imidazole rings is 1. The first-order chi connectivity index (χ1) is 12.0. The van der Waals surface area contributed by atoms with Crippen LogP contribution in [-0.4, -0.2) is 36.4 Å². The topological polar surface area (TPSA) is 85.3 Å². The number of aryl methyl sites for hydroxylation is 1. The third-order valence-corrected chi connectivity index (χ3v) is 4.65. The fourth-order valence-corrected chi connectivity index (χ4v) is 3.39. The molecule has 1 atom stereocenters. The van der Waals surface area contributed by atoms with Crippen molar-refractivity contribution < 1.29 is 5.11 Å². The van der Waals surface area contributed by atoms with Gasteiger partial charge in [0.1, 0.15) is 0 Å². The fraction of sp³-hybridized carbons (Fsp3) is 0.353. The maximum Gasteiger partial charge on any atom is 0.332 e. The van der Waals surface area contributed by atoms with Gasteiger partial charge in [0.05, 0.1) is 12.6 Å². The van der Waals surface area contributed by atoms with Gasteiger partial charge in [-0.05, 0) is 5.56 Å². The number of aromatic nitrogens is 4. The second kappa shape index (κ2) is 5.59. The molecule has 130 valence electrons. The molecule has 4 rings (SSSR count). The lowest BCUT2D eigenvalue weighted by Crippen LogP contribution is -2.42. The van der Waals surface area contributed by atoms with E-state index in [1.165, 1.54) is 11.6 Å². The minimum Gasteiger partial charge on any atom is -0.389 e. The molecule has 0 saturated heterocycles. The molecule has 0 fully saturated rings. The molecule has 1 N–H and O–H groups in total. The molecule has 0 spiro atoms. The molecule has 0 radical (unpaired) electrons. The van der Waals surface area contributed by atoms with E-state index >= 15 is 0 Å². The summed E-state index contributed by atoms with van der Waals surface area (Å²) in [5, 5.41) is 10.3. The molecule has 1 unspecified atom stereocenters. The van der Waals surface area contributed by atoms with Crippen LogP contribution in [0.3, 0.4) is 0 Å². The Labute approximate surface area is 143 Å². The van der Waals surface area contributed by atoms with Crippen molar-refractivity contribution in [2.75, 3.05) is 11.4 Å². The lowest BCUT2D eigenvalue weighted by molar-refractivity contribution is 0.150. The first-order valence-corrected chi connectivity index (χ1v) is 8.10. The minimum absolute atomic E-state index is 0.282. The standard InChI is InChI=1S/C17H19N5O3/c1-19-14-13(15(24)20(2)17(19)25)22-10-12(23)9-21(16(22)18-14)8-11-6-4-3-5-7-11/h3-7,12,23H,8-10H2,1-2H3. The van der Waals surface area contributed by atoms with Gasteiger partial charge in [0.15, 0.2) is 11.2 Å². The summed E-state index contributed by atoms with van der Waals surface area (Å²) < 4.78 is 4.16. The number of aliphatic hydroxyl groups excluding tert-OH is 1. The predicted octanol–water partition coefficient (Wildman–Crippen LogP) is -0.185. The summed E-state index contributed by atoms with van der Waals surface area (Å²) in [7, 11) is 3.05. The van der Waals surface area contributed by atoms with Crippen molar-refractivity contribution in [3.05, 3.63) is 56.7 Å². The van der Waals surface area contributed by atoms with Gasteiger partial charge in [-0.25, -0.2) is 4.79 Å². The molecule has 8 heteroatoms. The molecule has 0 amide bonds. The van der Waals surface area contributed by atoms with E-state index in [9.17, 15) is 14.7 Å². The van der Waals surface area contributed by atoms with Crippen LogP contribution in [0.2, 0.25) is 0 Å². The van der Waals surface area contributed by atoms with Gasteiger partial charge in [0.25, 0.3) is 5.56 Å². The first kappa shape index (κ1) is 15.6. The van der Waals surface area contributed by atoms with Crippen molar-refractivity contribution >= 4 is 17.1 Å². The molecule has 8 nitrogen and oxygen atoms in total. The van der Waals surface area contributed by atoms with Crippen LogP contribution in [-0.2, 0) is 27.2 Å². The summed E-state index contributed by atoms with van der Waals surface area (Å²) in [6.45, 7) is 1.27. The Bertz CT molecular complexity index is 1060. The largest absolute Gasteiger partial charge is 0.389 e. The number of hydrogen-bond acceptors (Lipinski definition) is 5. The SMILES string of the molecule is Cn1c(=O)c2c(nc3n2CC(O)CN3Cc2ccccc2)n(C)c1=O. The summed E-state index contributed by atoms with van der Waals surface area (Å²) in [5.41, 5.74) is 0.956. The highest BCUT2D eigenvalue weighted by molar-refractivity contribution is 5.75. The van der Waals surface area contributed by atoms with Crippen molar-refractivity contribution in [2.24, 2.45) is 14.1 Å². The molecule has 1 aromatic carbocycles. The van der Waals surface area contributed by atoms with Crippen molar-refractivity contribution in [2.45, 2.75) is 19.2 Å². The minimum atomic E-state index is -0.615. The number of rotatable bonds is 2. The Kier molecular flexibility index (Phi) is 3.50. The van der Waals surface area contributed by atoms with Crippen LogP contribution in [0, 0.1) is 0 Å². The maximum absolute atomic E-state index is 12.6. The molecule has 25 heavy (non-hydrogen) atoms. The normalized spacial score (nSPS) is 17.1. The maximum atomic E-state index is 12.6. The molecular weight excluding hydrogens is 322 g/mol. The molecule has 3 heterocycles. The fourth-order valence-electron chi connectivity index (χ4n) is 3.39. The number of β-amino-alcohol motifs (C(OH)–C–C–N with tert-alkyl or cyclic N) is 1. The molecule has 0 bridgehead atoms. The zero-order valence-corrected chi connectivity index (χ0v) is 14.1. The van der Waals surface area contributed by atoms with E-state index in [0.29, 0.717) is 30.2 Å². The van der Waals surface area contributed by atoms with Gasteiger partial charge >= 0.3 is 5.69 Å². The second-order valence-electron chi connectivity index (χ2n) is 6.42. The lowest BCUT2D eigenvalue weighted by atomic mass is 10.2. The quantitative estimate of drug-likeness (QED) is 0.699. The second-order valence-corrected chi connectivity index (χ2v) is 6.42. The Morgan fingerprint density at radius 1 is 1.12 bits per heavy atom. The summed E-state index contributed by atoms with van der Waals surface area (Å²) in [4.78, 5) is 31.3. The van der Waals surface area contributed by atoms with Crippen LogP contribution in [0.25, 0.3) is 11.2 Å². The molecule has 3 aromatic rings. The highest BCUT2D eigenvalue weighted by atomic mass is 16.3. The van der Waals surface area contributed by atoms with E-state index in [2.05, 4.69) is 4.98 Å². The average Bonchev–Trinajstić information content (AvgIpc) is 2.98. The summed E-state index contributed by atoms with van der Waals surface area (Å²) >= 11 is 0. The molecule has 0 saturated carbocycles. The van der Waals surface area contributed by atoms with Crippen LogP contribution in [0.4, 0.5) is 5.95 Å². The van der Waals surface area contributed by atoms with Crippen molar-refractivity contribution in [3.63, 3.8) is 0 Å². The van der Waals surface area contributed by atoms with Gasteiger partial charge in [-0.15, -0.1) is 0 Å². The zero-order chi connectivity index (χ0) is 17.7. The van der Waals surface area contributed by atoms with Gasteiger partial charge < -0.3 is 14.6 Å².